The second-order valence-electron chi connectivity index (χ2n) is 4.64. The van der Waals surface area contributed by atoms with Crippen molar-refractivity contribution >= 4 is 34.0 Å². The van der Waals surface area contributed by atoms with E-state index < -0.39 is 0 Å². The maximum absolute atomic E-state index is 11.9. The molecule has 3 rings (SSSR count). The fourth-order valence-electron chi connectivity index (χ4n) is 2.06. The Morgan fingerprint density at radius 2 is 2.29 bits per heavy atom. The first-order valence-electron chi connectivity index (χ1n) is 6.47. The number of hydrogen-bond donors (Lipinski definition) is 1. The first kappa shape index (κ1) is 13.5. The highest BCUT2D eigenvalue weighted by molar-refractivity contribution is 7.17. The van der Waals surface area contributed by atoms with E-state index in [0.29, 0.717) is 5.69 Å². The van der Waals surface area contributed by atoms with Gasteiger partial charge in [0.15, 0.2) is 4.96 Å². The van der Waals surface area contributed by atoms with Crippen molar-refractivity contribution in [3.8, 4) is 0 Å². The van der Waals surface area contributed by atoms with Gasteiger partial charge >= 0.3 is 0 Å². The zero-order valence-electron chi connectivity index (χ0n) is 11.7. The van der Waals surface area contributed by atoms with Crippen molar-refractivity contribution in [1.29, 1.82) is 0 Å². The number of nitrogens with one attached hydrogen (secondary N) is 1. The van der Waals surface area contributed by atoms with Crippen LogP contribution in [0, 0.1) is 13.8 Å². The Labute approximate surface area is 126 Å². The average molecular weight is 298 g/mol. The molecule has 3 aromatic heterocycles. The van der Waals surface area contributed by atoms with Crippen LogP contribution in [0.3, 0.4) is 0 Å². The number of imidazole rings is 1. The van der Waals surface area contributed by atoms with Crippen LogP contribution in [0.25, 0.3) is 11.0 Å². The van der Waals surface area contributed by atoms with Gasteiger partial charge in [0.05, 0.1) is 23.3 Å². The minimum atomic E-state index is -0.190. The Bertz CT molecular complexity index is 817. The highest BCUT2D eigenvalue weighted by atomic mass is 32.1. The summed E-state index contributed by atoms with van der Waals surface area (Å²) in [7, 11) is 0. The predicted octanol–water partition coefficient (Wildman–Crippen LogP) is 3.06. The number of thiazole rings is 1. The maximum Gasteiger partial charge on any atom is 0.248 e. The monoisotopic (exact) mass is 298 g/mol. The Morgan fingerprint density at radius 3 is 3.05 bits per heavy atom. The molecule has 0 saturated heterocycles. The second kappa shape index (κ2) is 5.49. The third-order valence-corrected chi connectivity index (χ3v) is 3.88. The van der Waals surface area contributed by atoms with Crippen LogP contribution in [-0.2, 0) is 4.79 Å². The first-order chi connectivity index (χ1) is 10.1. The molecule has 0 aliphatic heterocycles. The number of anilines is 1. The van der Waals surface area contributed by atoms with Gasteiger partial charge in [-0.25, -0.2) is 4.98 Å². The molecule has 0 unspecified atom stereocenters. The van der Waals surface area contributed by atoms with Crippen LogP contribution in [0.5, 0.6) is 0 Å². The van der Waals surface area contributed by atoms with Crippen molar-refractivity contribution in [1.82, 2.24) is 14.4 Å². The predicted molar refractivity (Wildman–Crippen MR) is 84.4 cm³/mol. The number of pyridine rings is 1. The molecule has 0 fully saturated rings. The zero-order chi connectivity index (χ0) is 14.8. The molecule has 0 aromatic carbocycles. The summed E-state index contributed by atoms with van der Waals surface area (Å²) in [4.78, 5) is 22.5. The van der Waals surface area contributed by atoms with E-state index in [-0.39, 0.29) is 5.91 Å². The smallest absolute Gasteiger partial charge is 0.248 e. The fourth-order valence-corrected chi connectivity index (χ4v) is 2.94. The number of nitrogens with zero attached hydrogens (tertiary/aromatic N) is 3. The molecule has 1 N–H and O–H groups in total. The normalized spacial score (nSPS) is 11.3. The highest BCUT2D eigenvalue weighted by Crippen LogP contribution is 2.21. The molecule has 0 spiro atoms. The van der Waals surface area contributed by atoms with Crippen molar-refractivity contribution in [2.75, 3.05) is 5.32 Å². The van der Waals surface area contributed by atoms with E-state index in [0.717, 1.165) is 16.3 Å². The summed E-state index contributed by atoms with van der Waals surface area (Å²) >= 11 is 1.63. The van der Waals surface area contributed by atoms with Gasteiger partial charge < -0.3 is 5.32 Å². The summed E-state index contributed by atoms with van der Waals surface area (Å²) in [6, 6.07) is 3.57. The molecular formula is C15H14N4OS. The molecule has 3 aromatic rings. The number of carbonyl (C=O) groups excluding carboxylic acids is 1. The number of carbonyl (C=O) groups is 1. The maximum atomic E-state index is 11.9. The Kier molecular flexibility index (Phi) is 3.53. The van der Waals surface area contributed by atoms with Gasteiger partial charge in [-0.3, -0.25) is 14.2 Å². The van der Waals surface area contributed by atoms with Crippen LogP contribution in [0.1, 0.15) is 16.3 Å². The lowest BCUT2D eigenvalue weighted by Gasteiger charge is -2.00. The molecule has 106 valence electrons. The van der Waals surface area contributed by atoms with Gasteiger partial charge in [-0.1, -0.05) is 0 Å². The second-order valence-corrected chi connectivity index (χ2v) is 5.85. The first-order valence-corrected chi connectivity index (χ1v) is 7.29. The third-order valence-electron chi connectivity index (χ3n) is 2.98. The van der Waals surface area contributed by atoms with Crippen LogP contribution in [-0.4, -0.2) is 20.3 Å². The van der Waals surface area contributed by atoms with Crippen LogP contribution in [0.2, 0.25) is 0 Å². The van der Waals surface area contributed by atoms with E-state index >= 15 is 0 Å². The largest absolute Gasteiger partial charge is 0.321 e. The van der Waals surface area contributed by atoms with Crippen molar-refractivity contribution < 1.29 is 4.79 Å². The van der Waals surface area contributed by atoms with Gasteiger partial charge in [0.2, 0.25) is 5.91 Å². The number of hydrogen-bond acceptors (Lipinski definition) is 4. The minimum Gasteiger partial charge on any atom is -0.321 e. The van der Waals surface area contributed by atoms with Crippen molar-refractivity contribution in [3.63, 3.8) is 0 Å². The standard InChI is InChI=1S/C15H14N4OS/c1-10-9-19-13(11(2)17-15(19)21-10)5-6-14(20)18-12-4-3-7-16-8-12/h3-9H,1-2H3,(H,18,20)/b6-5+. The summed E-state index contributed by atoms with van der Waals surface area (Å²) in [5, 5.41) is 2.76. The molecule has 3 heterocycles. The SMILES string of the molecule is Cc1cn2c(/C=C/C(=O)Nc3cccnc3)c(C)nc2s1. The molecule has 6 heteroatoms. The number of fused-ring (bicyclic) bond motifs is 1. The van der Waals surface area contributed by atoms with E-state index in [1.54, 1.807) is 41.9 Å². The number of rotatable bonds is 3. The lowest BCUT2D eigenvalue weighted by Crippen LogP contribution is -2.07. The van der Waals surface area contributed by atoms with E-state index in [1.165, 1.54) is 11.0 Å². The average Bonchev–Trinajstić information content (AvgIpc) is 2.93. The van der Waals surface area contributed by atoms with E-state index in [2.05, 4.69) is 15.3 Å². The molecule has 1 amide bonds. The Morgan fingerprint density at radius 1 is 1.43 bits per heavy atom. The molecule has 0 aliphatic carbocycles. The van der Waals surface area contributed by atoms with Crippen molar-refractivity contribution in [2.45, 2.75) is 13.8 Å². The molecule has 0 aliphatic rings. The molecule has 0 radical (unpaired) electrons. The molecular weight excluding hydrogens is 284 g/mol. The van der Waals surface area contributed by atoms with Crippen LogP contribution in [0.4, 0.5) is 5.69 Å². The van der Waals surface area contributed by atoms with Gasteiger partial charge in [-0.15, -0.1) is 11.3 Å². The van der Waals surface area contributed by atoms with Gasteiger partial charge in [0.1, 0.15) is 0 Å². The highest BCUT2D eigenvalue weighted by Gasteiger charge is 2.08. The summed E-state index contributed by atoms with van der Waals surface area (Å²) in [5.74, 6) is -0.190. The lowest BCUT2D eigenvalue weighted by atomic mass is 10.3. The fraction of sp³-hybridized carbons (Fsp3) is 0.133. The van der Waals surface area contributed by atoms with Crippen LogP contribution < -0.4 is 5.32 Å². The van der Waals surface area contributed by atoms with Crippen molar-refractivity contribution in [3.05, 3.63) is 53.1 Å². The summed E-state index contributed by atoms with van der Waals surface area (Å²) < 4.78 is 2.00. The van der Waals surface area contributed by atoms with Crippen LogP contribution in [0.15, 0.2) is 36.8 Å². The minimum absolute atomic E-state index is 0.190. The van der Waals surface area contributed by atoms with E-state index in [1.807, 2.05) is 24.4 Å². The number of aromatic nitrogens is 3. The molecule has 0 atom stereocenters. The van der Waals surface area contributed by atoms with Gasteiger partial charge in [0, 0.05) is 23.3 Å². The third kappa shape index (κ3) is 2.85. The number of amides is 1. The summed E-state index contributed by atoms with van der Waals surface area (Å²) in [5.41, 5.74) is 2.51. The summed E-state index contributed by atoms with van der Waals surface area (Å²) in [6.07, 6.45) is 8.59. The Balaban J connectivity index is 1.81. The molecule has 0 saturated carbocycles. The van der Waals surface area contributed by atoms with Gasteiger partial charge in [0.25, 0.3) is 0 Å². The van der Waals surface area contributed by atoms with E-state index in [9.17, 15) is 4.79 Å². The summed E-state index contributed by atoms with van der Waals surface area (Å²) in [6.45, 7) is 3.98. The van der Waals surface area contributed by atoms with Crippen LogP contribution >= 0.6 is 11.3 Å². The lowest BCUT2D eigenvalue weighted by molar-refractivity contribution is -0.111. The van der Waals surface area contributed by atoms with Gasteiger partial charge in [-0.05, 0) is 32.1 Å². The molecule has 0 bridgehead atoms. The topological polar surface area (TPSA) is 59.3 Å². The molecule has 21 heavy (non-hydrogen) atoms. The molecule has 5 nitrogen and oxygen atoms in total. The Hall–Kier alpha value is -2.47. The quantitative estimate of drug-likeness (QED) is 0.756. The van der Waals surface area contributed by atoms with E-state index in [4.69, 9.17) is 0 Å². The van der Waals surface area contributed by atoms with Crippen molar-refractivity contribution in [2.24, 2.45) is 0 Å². The number of aryl methyl sites for hydroxylation is 2. The van der Waals surface area contributed by atoms with Gasteiger partial charge in [-0.2, -0.15) is 0 Å². The zero-order valence-corrected chi connectivity index (χ0v) is 12.5.